The number of nitrogens with zero attached hydrogens (tertiary/aromatic N) is 2. The average Bonchev–Trinajstić information content (AvgIpc) is 3.13. The van der Waals surface area contributed by atoms with Crippen LogP contribution in [0.15, 0.2) is 0 Å². The van der Waals surface area contributed by atoms with Gasteiger partial charge in [-0.15, -0.1) is 0 Å². The van der Waals surface area contributed by atoms with E-state index in [1.807, 2.05) is 0 Å². The molecule has 0 radical (unpaired) electrons. The van der Waals surface area contributed by atoms with E-state index in [-0.39, 0.29) is 12.0 Å². The summed E-state index contributed by atoms with van der Waals surface area (Å²) < 4.78 is 4.96. The van der Waals surface area contributed by atoms with Crippen molar-refractivity contribution in [2.75, 3.05) is 34.3 Å². The van der Waals surface area contributed by atoms with Crippen LogP contribution in [-0.4, -0.2) is 62.1 Å². The van der Waals surface area contributed by atoms with Crippen molar-refractivity contribution in [3.8, 4) is 0 Å². The lowest BCUT2D eigenvalue weighted by Gasteiger charge is -2.39. The highest BCUT2D eigenvalue weighted by Crippen LogP contribution is 2.36. The van der Waals surface area contributed by atoms with E-state index in [0.717, 1.165) is 6.54 Å². The number of ether oxygens (including phenoxy) is 1. The SMILES string of the molecule is COC(=O)C(C1CC1)N(C)C1CCCN(C)C1. The number of esters is 1. The number of hydrogen-bond acceptors (Lipinski definition) is 4. The van der Waals surface area contributed by atoms with Gasteiger partial charge in [-0.05, 0) is 52.2 Å². The van der Waals surface area contributed by atoms with Crippen LogP contribution in [0, 0.1) is 5.92 Å². The second kappa shape index (κ2) is 5.36. The molecule has 2 unspecified atom stereocenters. The highest BCUT2D eigenvalue weighted by molar-refractivity contribution is 5.76. The molecule has 1 aliphatic heterocycles. The predicted molar refractivity (Wildman–Crippen MR) is 66.8 cm³/mol. The Kier molecular flexibility index (Phi) is 4.05. The summed E-state index contributed by atoms with van der Waals surface area (Å²) in [5.74, 6) is 0.475. The zero-order chi connectivity index (χ0) is 12.4. The lowest BCUT2D eigenvalue weighted by Crippen LogP contribution is -2.52. The smallest absolute Gasteiger partial charge is 0.323 e. The number of likely N-dealkylation sites (N-methyl/N-ethyl adjacent to an activating group) is 2. The van der Waals surface area contributed by atoms with Crippen molar-refractivity contribution in [1.82, 2.24) is 9.80 Å². The van der Waals surface area contributed by atoms with Crippen molar-refractivity contribution in [1.29, 1.82) is 0 Å². The molecule has 0 aromatic carbocycles. The molecule has 0 spiro atoms. The largest absolute Gasteiger partial charge is 0.468 e. The summed E-state index contributed by atoms with van der Waals surface area (Å²) in [6, 6.07) is 0.481. The van der Waals surface area contributed by atoms with Gasteiger partial charge in [0.15, 0.2) is 0 Å². The van der Waals surface area contributed by atoms with E-state index in [1.165, 1.54) is 39.3 Å². The minimum Gasteiger partial charge on any atom is -0.468 e. The van der Waals surface area contributed by atoms with E-state index < -0.39 is 0 Å². The summed E-state index contributed by atoms with van der Waals surface area (Å²) in [6.07, 6.45) is 4.77. The maximum atomic E-state index is 11.9. The molecule has 1 saturated heterocycles. The molecular formula is C13H24N2O2. The van der Waals surface area contributed by atoms with Crippen LogP contribution in [0.25, 0.3) is 0 Å². The van der Waals surface area contributed by atoms with E-state index >= 15 is 0 Å². The van der Waals surface area contributed by atoms with Crippen LogP contribution in [-0.2, 0) is 9.53 Å². The molecule has 17 heavy (non-hydrogen) atoms. The Hall–Kier alpha value is -0.610. The molecular weight excluding hydrogens is 216 g/mol. The molecule has 1 heterocycles. The normalized spacial score (nSPS) is 28.1. The third-order valence-corrected chi connectivity index (χ3v) is 4.13. The summed E-state index contributed by atoms with van der Waals surface area (Å²) in [6.45, 7) is 2.24. The first-order chi connectivity index (χ1) is 8.13. The zero-order valence-electron chi connectivity index (χ0n) is 11.2. The molecule has 0 N–H and O–H groups in total. The molecule has 1 aliphatic carbocycles. The first-order valence-corrected chi connectivity index (χ1v) is 6.61. The van der Waals surface area contributed by atoms with E-state index in [2.05, 4.69) is 23.9 Å². The molecule has 0 aromatic rings. The standard InChI is InChI=1S/C13H24N2O2/c1-14-8-4-5-11(9-14)15(2)12(10-6-7-10)13(16)17-3/h10-12H,4-9H2,1-3H3. The maximum Gasteiger partial charge on any atom is 0.323 e. The van der Waals surface area contributed by atoms with Crippen molar-refractivity contribution >= 4 is 5.97 Å². The van der Waals surface area contributed by atoms with Crippen molar-refractivity contribution in [3.05, 3.63) is 0 Å². The minimum absolute atomic E-state index is 0.0171. The fraction of sp³-hybridized carbons (Fsp3) is 0.923. The zero-order valence-corrected chi connectivity index (χ0v) is 11.2. The van der Waals surface area contributed by atoms with Gasteiger partial charge in [-0.2, -0.15) is 0 Å². The topological polar surface area (TPSA) is 32.8 Å². The Labute approximate surface area is 104 Å². The molecule has 0 bridgehead atoms. The predicted octanol–water partition coefficient (Wildman–Crippen LogP) is 0.964. The molecule has 2 atom stereocenters. The van der Waals surface area contributed by atoms with Gasteiger partial charge in [0.25, 0.3) is 0 Å². The number of rotatable bonds is 4. The van der Waals surface area contributed by atoms with E-state index in [1.54, 1.807) is 0 Å². The Balaban J connectivity index is 1.99. The Morgan fingerprint density at radius 1 is 1.41 bits per heavy atom. The van der Waals surface area contributed by atoms with Crippen LogP contribution in [0.1, 0.15) is 25.7 Å². The quantitative estimate of drug-likeness (QED) is 0.685. The summed E-state index contributed by atoms with van der Waals surface area (Å²) in [7, 11) is 5.74. The molecule has 0 amide bonds. The van der Waals surface area contributed by atoms with Gasteiger partial charge in [0.2, 0.25) is 0 Å². The first-order valence-electron chi connectivity index (χ1n) is 6.61. The van der Waals surface area contributed by atoms with Gasteiger partial charge in [-0.1, -0.05) is 0 Å². The second-order valence-electron chi connectivity index (χ2n) is 5.53. The van der Waals surface area contributed by atoms with Crippen molar-refractivity contribution in [2.45, 2.75) is 37.8 Å². The second-order valence-corrected chi connectivity index (χ2v) is 5.53. The molecule has 98 valence electrons. The molecule has 0 aromatic heterocycles. The number of carbonyl (C=O) groups is 1. The fourth-order valence-corrected chi connectivity index (χ4v) is 2.92. The Morgan fingerprint density at radius 3 is 2.65 bits per heavy atom. The van der Waals surface area contributed by atoms with Crippen molar-refractivity contribution < 1.29 is 9.53 Å². The summed E-state index contributed by atoms with van der Waals surface area (Å²) in [5, 5.41) is 0. The summed E-state index contributed by atoms with van der Waals surface area (Å²) >= 11 is 0. The molecule has 1 saturated carbocycles. The Bertz CT molecular complexity index is 279. The van der Waals surface area contributed by atoms with Crippen molar-refractivity contribution in [3.63, 3.8) is 0 Å². The Morgan fingerprint density at radius 2 is 2.12 bits per heavy atom. The highest BCUT2D eigenvalue weighted by atomic mass is 16.5. The average molecular weight is 240 g/mol. The van der Waals surface area contributed by atoms with Gasteiger partial charge in [-0.25, -0.2) is 0 Å². The molecule has 4 nitrogen and oxygen atoms in total. The number of carbonyl (C=O) groups excluding carboxylic acids is 1. The van der Waals surface area contributed by atoms with Crippen LogP contribution in [0.5, 0.6) is 0 Å². The molecule has 2 fully saturated rings. The molecule has 2 aliphatic rings. The van der Waals surface area contributed by atoms with Crippen LogP contribution in [0.3, 0.4) is 0 Å². The van der Waals surface area contributed by atoms with Gasteiger partial charge >= 0.3 is 5.97 Å². The highest BCUT2D eigenvalue weighted by Gasteiger charge is 2.42. The first kappa shape index (κ1) is 12.8. The lowest BCUT2D eigenvalue weighted by molar-refractivity contribution is -0.148. The third-order valence-electron chi connectivity index (χ3n) is 4.13. The van der Waals surface area contributed by atoms with Crippen LogP contribution in [0.2, 0.25) is 0 Å². The summed E-state index contributed by atoms with van der Waals surface area (Å²) in [4.78, 5) is 16.5. The maximum absolute atomic E-state index is 11.9. The van der Waals surface area contributed by atoms with Gasteiger partial charge in [0.05, 0.1) is 7.11 Å². The van der Waals surface area contributed by atoms with E-state index in [0.29, 0.717) is 12.0 Å². The van der Waals surface area contributed by atoms with Crippen LogP contribution < -0.4 is 0 Å². The van der Waals surface area contributed by atoms with E-state index in [4.69, 9.17) is 4.74 Å². The fourth-order valence-electron chi connectivity index (χ4n) is 2.92. The van der Waals surface area contributed by atoms with Gasteiger partial charge < -0.3 is 9.64 Å². The summed E-state index contributed by atoms with van der Waals surface area (Å²) in [5.41, 5.74) is 0. The minimum atomic E-state index is -0.0526. The third kappa shape index (κ3) is 2.99. The monoisotopic (exact) mass is 240 g/mol. The van der Waals surface area contributed by atoms with Gasteiger partial charge in [0, 0.05) is 12.6 Å². The molecule has 2 rings (SSSR count). The lowest BCUT2D eigenvalue weighted by atomic mass is 10.0. The number of likely N-dealkylation sites (tertiary alicyclic amines) is 1. The van der Waals surface area contributed by atoms with Gasteiger partial charge in [0.1, 0.15) is 6.04 Å². The van der Waals surface area contributed by atoms with Gasteiger partial charge in [-0.3, -0.25) is 9.69 Å². The number of methoxy groups -OCH3 is 1. The van der Waals surface area contributed by atoms with Crippen LogP contribution in [0.4, 0.5) is 0 Å². The number of hydrogen-bond donors (Lipinski definition) is 0. The van der Waals surface area contributed by atoms with Crippen LogP contribution >= 0.6 is 0 Å². The molecule has 4 heteroatoms. The van der Waals surface area contributed by atoms with E-state index in [9.17, 15) is 4.79 Å². The van der Waals surface area contributed by atoms with Crippen molar-refractivity contribution in [2.24, 2.45) is 5.92 Å². The number of piperidine rings is 1.